The second-order valence-electron chi connectivity index (χ2n) is 4.68. The summed E-state index contributed by atoms with van der Waals surface area (Å²) in [4.78, 5) is 26.1. The van der Waals surface area contributed by atoms with E-state index in [2.05, 4.69) is 15.9 Å². The lowest BCUT2D eigenvalue weighted by atomic mass is 10.2. The molecule has 0 radical (unpaired) electrons. The molecule has 1 fully saturated rings. The fourth-order valence-corrected chi connectivity index (χ4v) is 3.58. The Morgan fingerprint density at radius 3 is 2.57 bits per heavy atom. The second-order valence-corrected chi connectivity index (χ2v) is 6.78. The molecule has 1 saturated heterocycles. The quantitative estimate of drug-likeness (QED) is 0.443. The first-order valence-electron chi connectivity index (χ1n) is 7.11. The van der Waals surface area contributed by atoms with Crippen molar-refractivity contribution < 1.29 is 14.3 Å². The number of hydrogen-bond acceptors (Lipinski definition) is 5. The van der Waals surface area contributed by atoms with Crippen LogP contribution in [0.5, 0.6) is 0 Å². The number of thioether (sulfide) groups is 1. The molecule has 0 aliphatic carbocycles. The molecule has 0 aromatic heterocycles. The van der Waals surface area contributed by atoms with Gasteiger partial charge in [-0.2, -0.15) is 5.26 Å². The molecule has 0 spiro atoms. The summed E-state index contributed by atoms with van der Waals surface area (Å²) in [6, 6.07) is 9.03. The summed E-state index contributed by atoms with van der Waals surface area (Å²) in [5.41, 5.74) is 0.484. The molecule has 120 valence electrons. The molecule has 0 saturated carbocycles. The maximum absolute atomic E-state index is 12.6. The van der Waals surface area contributed by atoms with Gasteiger partial charge in [-0.15, -0.1) is 0 Å². The Labute approximate surface area is 147 Å². The van der Waals surface area contributed by atoms with Gasteiger partial charge < -0.3 is 4.74 Å². The lowest BCUT2D eigenvalue weighted by Gasteiger charge is -2.18. The SMILES string of the molecule is CCOC(=O)/C(C#N)=C1/S[C@@H](CC)C(=O)N1c1ccc(Br)cc1. The molecule has 23 heavy (non-hydrogen) atoms. The highest BCUT2D eigenvalue weighted by Crippen LogP contribution is 2.42. The van der Waals surface area contributed by atoms with Crippen LogP contribution in [0.2, 0.25) is 0 Å². The molecule has 1 aromatic rings. The van der Waals surface area contributed by atoms with E-state index < -0.39 is 5.97 Å². The van der Waals surface area contributed by atoms with Crippen molar-refractivity contribution in [2.75, 3.05) is 11.5 Å². The predicted octanol–water partition coefficient (Wildman–Crippen LogP) is 3.61. The first kappa shape index (κ1) is 17.6. The van der Waals surface area contributed by atoms with Crippen molar-refractivity contribution in [2.24, 2.45) is 0 Å². The zero-order valence-electron chi connectivity index (χ0n) is 12.7. The Morgan fingerprint density at radius 2 is 2.04 bits per heavy atom. The molecular weight excluding hydrogens is 380 g/mol. The monoisotopic (exact) mass is 394 g/mol. The maximum atomic E-state index is 12.6. The minimum absolute atomic E-state index is 0.133. The summed E-state index contributed by atoms with van der Waals surface area (Å²) < 4.78 is 5.82. The van der Waals surface area contributed by atoms with E-state index >= 15 is 0 Å². The van der Waals surface area contributed by atoms with Gasteiger partial charge in [0.25, 0.3) is 0 Å². The Hall–Kier alpha value is -1.78. The summed E-state index contributed by atoms with van der Waals surface area (Å²) in [5.74, 6) is -0.837. The maximum Gasteiger partial charge on any atom is 0.351 e. The van der Waals surface area contributed by atoms with Crippen LogP contribution in [0, 0.1) is 11.3 Å². The first-order valence-corrected chi connectivity index (χ1v) is 8.78. The van der Waals surface area contributed by atoms with E-state index in [-0.39, 0.29) is 23.3 Å². The largest absolute Gasteiger partial charge is 0.462 e. The van der Waals surface area contributed by atoms with E-state index in [1.165, 1.54) is 16.7 Å². The minimum atomic E-state index is -0.704. The van der Waals surface area contributed by atoms with Crippen LogP contribution in [0.15, 0.2) is 39.3 Å². The molecule has 1 aliphatic rings. The Morgan fingerprint density at radius 1 is 1.39 bits per heavy atom. The molecule has 0 N–H and O–H groups in total. The summed E-state index contributed by atoms with van der Waals surface area (Å²) in [6.45, 7) is 3.74. The molecule has 2 rings (SSSR count). The lowest BCUT2D eigenvalue weighted by Crippen LogP contribution is -2.29. The molecule has 0 unspecified atom stereocenters. The van der Waals surface area contributed by atoms with Crippen LogP contribution in [0.25, 0.3) is 0 Å². The van der Waals surface area contributed by atoms with Gasteiger partial charge in [0.15, 0.2) is 5.57 Å². The number of amides is 1. The number of rotatable bonds is 4. The predicted molar refractivity (Wildman–Crippen MR) is 92.6 cm³/mol. The van der Waals surface area contributed by atoms with Gasteiger partial charge in [0.2, 0.25) is 5.91 Å². The van der Waals surface area contributed by atoms with Crippen molar-refractivity contribution in [1.29, 1.82) is 5.26 Å². The molecule has 1 heterocycles. The second kappa shape index (κ2) is 7.66. The fraction of sp³-hybridized carbons (Fsp3) is 0.312. The zero-order chi connectivity index (χ0) is 17.0. The van der Waals surface area contributed by atoms with Crippen LogP contribution >= 0.6 is 27.7 Å². The smallest absolute Gasteiger partial charge is 0.351 e. The molecule has 0 bridgehead atoms. The van der Waals surface area contributed by atoms with Crippen LogP contribution in [-0.2, 0) is 14.3 Å². The topological polar surface area (TPSA) is 70.4 Å². The van der Waals surface area contributed by atoms with Crippen molar-refractivity contribution in [3.8, 4) is 6.07 Å². The van der Waals surface area contributed by atoms with Crippen molar-refractivity contribution in [3.63, 3.8) is 0 Å². The number of esters is 1. The molecule has 1 atom stereocenters. The van der Waals surface area contributed by atoms with Gasteiger partial charge in [0, 0.05) is 10.2 Å². The van der Waals surface area contributed by atoms with Gasteiger partial charge in [-0.1, -0.05) is 34.6 Å². The average molecular weight is 395 g/mol. The summed E-state index contributed by atoms with van der Waals surface area (Å²) in [5, 5.41) is 9.39. The van der Waals surface area contributed by atoms with Crippen molar-refractivity contribution >= 4 is 45.3 Å². The third-order valence-electron chi connectivity index (χ3n) is 3.21. The minimum Gasteiger partial charge on any atom is -0.462 e. The third kappa shape index (κ3) is 3.59. The van der Waals surface area contributed by atoms with Crippen molar-refractivity contribution in [3.05, 3.63) is 39.3 Å². The summed E-state index contributed by atoms with van der Waals surface area (Å²) >= 11 is 4.58. The molecular formula is C16H15BrN2O3S. The van der Waals surface area contributed by atoms with Crippen LogP contribution in [-0.4, -0.2) is 23.7 Å². The standard InChI is InChI=1S/C16H15BrN2O3S/c1-3-13-14(20)19(11-7-5-10(17)6-8-11)15(23-13)12(9-18)16(21)22-4-2/h5-8,13H,3-4H2,1-2H3/b15-12+/t13-/m0/s1. The van der Waals surface area contributed by atoms with E-state index in [9.17, 15) is 14.9 Å². The van der Waals surface area contributed by atoms with E-state index in [4.69, 9.17) is 4.74 Å². The number of anilines is 1. The number of carbonyl (C=O) groups excluding carboxylic acids is 2. The summed E-state index contributed by atoms with van der Waals surface area (Å²) in [7, 11) is 0. The van der Waals surface area contributed by atoms with E-state index in [0.29, 0.717) is 17.1 Å². The number of nitriles is 1. The number of carbonyl (C=O) groups is 2. The van der Waals surface area contributed by atoms with Gasteiger partial charge in [0.05, 0.1) is 11.9 Å². The molecule has 5 nitrogen and oxygen atoms in total. The zero-order valence-corrected chi connectivity index (χ0v) is 15.1. The normalized spacial score (nSPS) is 19.5. The van der Waals surface area contributed by atoms with E-state index in [0.717, 1.165) is 4.47 Å². The van der Waals surface area contributed by atoms with Crippen LogP contribution in [0.4, 0.5) is 5.69 Å². The van der Waals surface area contributed by atoms with Gasteiger partial charge in [0.1, 0.15) is 11.1 Å². The first-order chi connectivity index (χ1) is 11.0. The molecule has 1 amide bonds. The van der Waals surface area contributed by atoms with Gasteiger partial charge >= 0.3 is 5.97 Å². The van der Waals surface area contributed by atoms with Crippen LogP contribution in [0.3, 0.4) is 0 Å². The number of nitrogens with zero attached hydrogens (tertiary/aromatic N) is 2. The van der Waals surface area contributed by atoms with E-state index in [1.54, 1.807) is 31.2 Å². The lowest BCUT2D eigenvalue weighted by molar-refractivity contribution is -0.138. The Balaban J connectivity index is 2.54. The van der Waals surface area contributed by atoms with Gasteiger partial charge in [-0.3, -0.25) is 9.69 Å². The van der Waals surface area contributed by atoms with Crippen LogP contribution < -0.4 is 4.90 Å². The molecule has 1 aliphatic heterocycles. The highest BCUT2D eigenvalue weighted by atomic mass is 79.9. The van der Waals surface area contributed by atoms with Gasteiger partial charge in [-0.25, -0.2) is 4.79 Å². The average Bonchev–Trinajstić information content (AvgIpc) is 2.86. The highest BCUT2D eigenvalue weighted by molar-refractivity contribution is 9.10. The highest BCUT2D eigenvalue weighted by Gasteiger charge is 2.40. The van der Waals surface area contributed by atoms with E-state index in [1.807, 2.05) is 13.0 Å². The van der Waals surface area contributed by atoms with Crippen molar-refractivity contribution in [2.45, 2.75) is 25.5 Å². The van der Waals surface area contributed by atoms with Gasteiger partial charge in [-0.05, 0) is 37.6 Å². The summed E-state index contributed by atoms with van der Waals surface area (Å²) in [6.07, 6.45) is 0.613. The Bertz CT molecular complexity index is 694. The number of halogens is 1. The third-order valence-corrected chi connectivity index (χ3v) is 5.17. The fourth-order valence-electron chi connectivity index (χ4n) is 2.13. The van der Waals surface area contributed by atoms with Crippen LogP contribution in [0.1, 0.15) is 20.3 Å². The number of benzene rings is 1. The number of hydrogen-bond donors (Lipinski definition) is 0. The number of ether oxygens (including phenoxy) is 1. The molecule has 7 heteroatoms. The molecule has 1 aromatic carbocycles. The van der Waals surface area contributed by atoms with Crippen molar-refractivity contribution in [1.82, 2.24) is 0 Å². The Kier molecular flexibility index (Phi) is 5.85.